The number of carbonyl (C=O) groups excluding carboxylic acids is 1. The van der Waals surface area contributed by atoms with Crippen molar-refractivity contribution in [1.29, 1.82) is 0 Å². The molecule has 1 atom stereocenters. The van der Waals surface area contributed by atoms with E-state index in [1.165, 1.54) is 11.3 Å². The number of amides is 1. The van der Waals surface area contributed by atoms with Crippen molar-refractivity contribution in [3.63, 3.8) is 0 Å². The number of hydrogen-bond acceptors (Lipinski definition) is 3. The second kappa shape index (κ2) is 10.4. The van der Waals surface area contributed by atoms with Crippen LogP contribution in [0, 0.1) is 0 Å². The van der Waals surface area contributed by atoms with Crippen molar-refractivity contribution in [3.05, 3.63) is 59.7 Å². The Labute approximate surface area is 168 Å². The molecule has 1 amide bonds. The molecule has 0 spiro atoms. The van der Waals surface area contributed by atoms with Crippen LogP contribution in [0.3, 0.4) is 0 Å². The molecule has 3 N–H and O–H groups in total. The Bertz CT molecular complexity index is 724. The third kappa shape index (κ3) is 5.13. The van der Waals surface area contributed by atoms with Crippen LogP contribution in [0.15, 0.2) is 48.5 Å². The van der Waals surface area contributed by atoms with E-state index in [0.29, 0.717) is 6.42 Å². The largest absolute Gasteiger partial charge is 0.367 e. The maximum atomic E-state index is 12.2. The maximum absolute atomic E-state index is 12.2. The highest BCUT2D eigenvalue weighted by atomic mass is 35.5. The fourth-order valence-corrected chi connectivity index (χ4v) is 3.22. The Balaban J connectivity index is 0.00000169. The van der Waals surface area contributed by atoms with Crippen molar-refractivity contribution in [2.45, 2.75) is 38.8 Å². The molecule has 3 rings (SSSR count). The van der Waals surface area contributed by atoms with Gasteiger partial charge in [0.05, 0.1) is 6.04 Å². The molecule has 0 bridgehead atoms. The summed E-state index contributed by atoms with van der Waals surface area (Å²) < 4.78 is 0. The van der Waals surface area contributed by atoms with E-state index >= 15 is 0 Å². The van der Waals surface area contributed by atoms with Gasteiger partial charge in [-0.25, -0.2) is 0 Å². The van der Waals surface area contributed by atoms with E-state index in [4.69, 9.17) is 5.73 Å². The van der Waals surface area contributed by atoms with Crippen molar-refractivity contribution in [3.8, 4) is 0 Å². The van der Waals surface area contributed by atoms with Gasteiger partial charge in [0, 0.05) is 24.5 Å². The van der Waals surface area contributed by atoms with Crippen LogP contribution in [0.5, 0.6) is 0 Å². The first-order valence-electron chi connectivity index (χ1n) is 8.66. The number of benzene rings is 2. The minimum absolute atomic E-state index is 0. The lowest BCUT2D eigenvalue weighted by Gasteiger charge is -2.22. The number of rotatable bonds is 6. The zero-order valence-corrected chi connectivity index (χ0v) is 16.6. The molecule has 1 aliphatic rings. The summed E-state index contributed by atoms with van der Waals surface area (Å²) in [5.41, 5.74) is 10.6. The number of halogens is 2. The van der Waals surface area contributed by atoms with Crippen molar-refractivity contribution < 1.29 is 4.79 Å². The van der Waals surface area contributed by atoms with E-state index in [1.54, 1.807) is 0 Å². The van der Waals surface area contributed by atoms with Gasteiger partial charge in [0.2, 0.25) is 5.91 Å². The van der Waals surface area contributed by atoms with E-state index < -0.39 is 6.04 Å². The third-order valence-corrected chi connectivity index (χ3v) is 4.56. The Kier molecular flexibility index (Phi) is 8.93. The molecule has 4 nitrogen and oxygen atoms in total. The Morgan fingerprint density at radius 2 is 1.85 bits per heavy atom. The van der Waals surface area contributed by atoms with Crippen LogP contribution in [0.2, 0.25) is 0 Å². The minimum Gasteiger partial charge on any atom is -0.367 e. The zero-order chi connectivity index (χ0) is 16.9. The average Bonchev–Trinajstić information content (AvgIpc) is 3.00. The van der Waals surface area contributed by atoms with Gasteiger partial charge < -0.3 is 16.0 Å². The first kappa shape index (κ1) is 22.3. The van der Waals surface area contributed by atoms with Crippen LogP contribution >= 0.6 is 24.8 Å². The van der Waals surface area contributed by atoms with Crippen LogP contribution in [-0.2, 0) is 17.8 Å². The van der Waals surface area contributed by atoms with Crippen molar-refractivity contribution in [2.24, 2.45) is 5.73 Å². The molecule has 1 aliphatic heterocycles. The van der Waals surface area contributed by atoms with Crippen molar-refractivity contribution in [1.82, 2.24) is 0 Å². The number of nitrogens with two attached hydrogens (primary N) is 1. The van der Waals surface area contributed by atoms with Crippen LogP contribution in [0.25, 0.3) is 0 Å². The number of nitrogens with one attached hydrogen (secondary N) is 1. The van der Waals surface area contributed by atoms with Crippen LogP contribution in [0.4, 0.5) is 11.4 Å². The predicted octanol–water partition coefficient (Wildman–Crippen LogP) is 4.16. The van der Waals surface area contributed by atoms with E-state index in [2.05, 4.69) is 40.5 Å². The highest BCUT2D eigenvalue weighted by Crippen LogP contribution is 2.30. The van der Waals surface area contributed by atoms with Gasteiger partial charge in [-0.3, -0.25) is 4.79 Å². The molecule has 0 radical (unpaired) electrons. The second-order valence-electron chi connectivity index (χ2n) is 6.34. The predicted molar refractivity (Wildman–Crippen MR) is 114 cm³/mol. The van der Waals surface area contributed by atoms with Gasteiger partial charge in [-0.05, 0) is 36.1 Å². The van der Waals surface area contributed by atoms with Gasteiger partial charge in [0.1, 0.15) is 0 Å². The standard InChI is InChI=1S/C20H25N3O.2ClH/c1-2-7-17(21)20(24)22-18-10-5-3-9-16(18)14-23-13-12-15-8-4-6-11-19(15)23;;/h3-6,8-11,17H,2,7,12-14,21H2,1H3,(H,22,24);2*1H. The fourth-order valence-electron chi connectivity index (χ4n) is 3.22. The third-order valence-electron chi connectivity index (χ3n) is 4.56. The number of hydrogen-bond donors (Lipinski definition) is 2. The highest BCUT2D eigenvalue weighted by Gasteiger charge is 2.20. The summed E-state index contributed by atoms with van der Waals surface area (Å²) in [6.45, 7) is 3.83. The van der Waals surface area contributed by atoms with Gasteiger partial charge in [-0.1, -0.05) is 49.7 Å². The SMILES string of the molecule is CCCC(N)C(=O)Nc1ccccc1CN1CCc2ccccc21.Cl.Cl. The molecule has 0 fully saturated rings. The first-order chi connectivity index (χ1) is 11.7. The molecule has 1 heterocycles. The van der Waals surface area contributed by atoms with Gasteiger partial charge in [-0.15, -0.1) is 24.8 Å². The molecule has 1 unspecified atom stereocenters. The highest BCUT2D eigenvalue weighted by molar-refractivity contribution is 5.95. The summed E-state index contributed by atoms with van der Waals surface area (Å²) in [4.78, 5) is 14.6. The molecule has 0 aliphatic carbocycles. The summed E-state index contributed by atoms with van der Waals surface area (Å²) >= 11 is 0. The Morgan fingerprint density at radius 1 is 1.15 bits per heavy atom. The zero-order valence-electron chi connectivity index (χ0n) is 15.0. The summed E-state index contributed by atoms with van der Waals surface area (Å²) in [6.07, 6.45) is 2.68. The molecular weight excluding hydrogens is 369 g/mol. The molecule has 26 heavy (non-hydrogen) atoms. The van der Waals surface area contributed by atoms with E-state index in [9.17, 15) is 4.79 Å². The normalized spacial score (nSPS) is 13.2. The van der Waals surface area contributed by atoms with Gasteiger partial charge in [-0.2, -0.15) is 0 Å². The lowest BCUT2D eigenvalue weighted by molar-refractivity contribution is -0.117. The number of nitrogens with zero attached hydrogens (tertiary/aromatic N) is 1. The van der Waals surface area contributed by atoms with E-state index in [-0.39, 0.29) is 30.7 Å². The molecule has 6 heteroatoms. The Hall–Kier alpha value is -1.75. The topological polar surface area (TPSA) is 58.4 Å². The summed E-state index contributed by atoms with van der Waals surface area (Å²) in [5.74, 6) is -0.105. The molecule has 0 saturated heterocycles. The lowest BCUT2D eigenvalue weighted by atomic mass is 10.1. The van der Waals surface area contributed by atoms with Crippen LogP contribution < -0.4 is 16.0 Å². The summed E-state index contributed by atoms with van der Waals surface area (Å²) in [6, 6.07) is 16.1. The number of carbonyl (C=O) groups is 1. The van der Waals surface area contributed by atoms with Crippen LogP contribution in [-0.4, -0.2) is 18.5 Å². The number of para-hydroxylation sites is 2. The van der Waals surface area contributed by atoms with Crippen LogP contribution in [0.1, 0.15) is 30.9 Å². The summed E-state index contributed by atoms with van der Waals surface area (Å²) in [7, 11) is 0. The molecule has 0 saturated carbocycles. The fraction of sp³-hybridized carbons (Fsp3) is 0.350. The first-order valence-corrected chi connectivity index (χ1v) is 8.66. The van der Waals surface area contributed by atoms with Gasteiger partial charge in [0.15, 0.2) is 0 Å². The molecular formula is C20H27Cl2N3O. The molecule has 142 valence electrons. The molecule has 2 aromatic rings. The molecule has 2 aromatic carbocycles. The van der Waals surface area contributed by atoms with Gasteiger partial charge >= 0.3 is 0 Å². The molecule has 0 aromatic heterocycles. The van der Waals surface area contributed by atoms with Crippen molar-refractivity contribution >= 4 is 42.1 Å². The second-order valence-corrected chi connectivity index (χ2v) is 6.34. The van der Waals surface area contributed by atoms with E-state index in [1.807, 2.05) is 25.1 Å². The monoisotopic (exact) mass is 395 g/mol. The Morgan fingerprint density at radius 3 is 2.62 bits per heavy atom. The number of anilines is 2. The number of fused-ring (bicyclic) bond motifs is 1. The minimum atomic E-state index is -0.449. The quantitative estimate of drug-likeness (QED) is 0.771. The van der Waals surface area contributed by atoms with Crippen molar-refractivity contribution in [2.75, 3.05) is 16.8 Å². The lowest BCUT2D eigenvalue weighted by Crippen LogP contribution is -2.35. The van der Waals surface area contributed by atoms with Gasteiger partial charge in [0.25, 0.3) is 0 Å². The smallest absolute Gasteiger partial charge is 0.241 e. The summed E-state index contributed by atoms with van der Waals surface area (Å²) in [5, 5.41) is 3.00. The van der Waals surface area contributed by atoms with E-state index in [0.717, 1.165) is 37.2 Å². The average molecular weight is 396 g/mol. The maximum Gasteiger partial charge on any atom is 0.241 e.